The molecule has 1 aliphatic heterocycles. The van der Waals surface area contributed by atoms with Gasteiger partial charge in [0.1, 0.15) is 5.60 Å². The predicted octanol–water partition coefficient (Wildman–Crippen LogP) is 1.57. The summed E-state index contributed by atoms with van der Waals surface area (Å²) < 4.78 is 5.18. The number of carbonyl (C=O) groups excluding carboxylic acids is 1. The molecule has 1 saturated heterocycles. The fourth-order valence-electron chi connectivity index (χ4n) is 1.17. The third kappa shape index (κ3) is 5.93. The van der Waals surface area contributed by atoms with Gasteiger partial charge in [0.15, 0.2) is 0 Å². The van der Waals surface area contributed by atoms with Gasteiger partial charge in [-0.25, -0.2) is 4.79 Å². The number of carbonyl (C=O) groups is 2. The highest BCUT2D eigenvalue weighted by atomic mass is 16.6. The van der Waals surface area contributed by atoms with Crippen LogP contribution in [0.25, 0.3) is 0 Å². The van der Waals surface area contributed by atoms with Gasteiger partial charge in [-0.2, -0.15) is 0 Å². The zero-order valence-corrected chi connectivity index (χ0v) is 9.69. The number of hydrogen-bond acceptors (Lipinski definition) is 3. The average molecular weight is 217 g/mol. The van der Waals surface area contributed by atoms with Crippen molar-refractivity contribution in [1.82, 2.24) is 4.90 Å². The van der Waals surface area contributed by atoms with Crippen LogP contribution >= 0.6 is 0 Å². The lowest BCUT2D eigenvalue weighted by molar-refractivity contribution is -0.122. The van der Waals surface area contributed by atoms with Gasteiger partial charge in [-0.15, -0.1) is 0 Å². The first kappa shape index (κ1) is 13.7. The van der Waals surface area contributed by atoms with Crippen LogP contribution in [-0.2, 0) is 9.53 Å². The number of carboxylic acid groups (broad SMARTS) is 1. The van der Waals surface area contributed by atoms with Crippen molar-refractivity contribution in [3.05, 3.63) is 0 Å². The molecule has 0 aliphatic carbocycles. The van der Waals surface area contributed by atoms with Crippen molar-refractivity contribution >= 4 is 12.6 Å². The Morgan fingerprint density at radius 3 is 2.13 bits per heavy atom. The normalized spacial score (nSPS) is 15.9. The monoisotopic (exact) mass is 217 g/mol. The Morgan fingerprint density at radius 2 is 1.87 bits per heavy atom. The van der Waals surface area contributed by atoms with Gasteiger partial charge in [-0.05, 0) is 26.7 Å². The topological polar surface area (TPSA) is 66.8 Å². The van der Waals surface area contributed by atoms with Crippen molar-refractivity contribution in [1.29, 1.82) is 0 Å². The van der Waals surface area contributed by atoms with Gasteiger partial charge in [0.2, 0.25) is 0 Å². The molecular weight excluding hydrogens is 198 g/mol. The lowest BCUT2D eigenvalue weighted by Crippen LogP contribution is -2.50. The number of rotatable bonds is 0. The third-order valence-corrected chi connectivity index (χ3v) is 1.72. The van der Waals surface area contributed by atoms with Crippen LogP contribution in [0.1, 0.15) is 27.7 Å². The Kier molecular flexibility index (Phi) is 5.11. The van der Waals surface area contributed by atoms with Gasteiger partial charge < -0.3 is 14.7 Å². The van der Waals surface area contributed by atoms with E-state index in [9.17, 15) is 4.79 Å². The number of ether oxygens (including phenoxy) is 1. The molecule has 1 aliphatic rings. The number of hydrogen-bond donors (Lipinski definition) is 1. The SMILES string of the molecule is CC1CN(C(=O)OC(C)(C)C)C1.O=CO. The molecule has 88 valence electrons. The summed E-state index contributed by atoms with van der Waals surface area (Å²) in [5, 5.41) is 6.89. The van der Waals surface area contributed by atoms with Crippen LogP contribution < -0.4 is 0 Å². The smallest absolute Gasteiger partial charge is 0.410 e. The van der Waals surface area contributed by atoms with Crippen LogP contribution in [0, 0.1) is 5.92 Å². The molecule has 0 atom stereocenters. The Morgan fingerprint density at radius 1 is 1.47 bits per heavy atom. The van der Waals surface area contributed by atoms with Crippen molar-refractivity contribution < 1.29 is 19.4 Å². The molecule has 0 radical (unpaired) electrons. The van der Waals surface area contributed by atoms with E-state index in [1.165, 1.54) is 0 Å². The first-order chi connectivity index (χ1) is 6.80. The summed E-state index contributed by atoms with van der Waals surface area (Å²) >= 11 is 0. The van der Waals surface area contributed by atoms with Crippen molar-refractivity contribution in [3.63, 3.8) is 0 Å². The van der Waals surface area contributed by atoms with Crippen molar-refractivity contribution in [2.24, 2.45) is 5.92 Å². The van der Waals surface area contributed by atoms with Crippen molar-refractivity contribution in [2.75, 3.05) is 13.1 Å². The summed E-state index contributed by atoms with van der Waals surface area (Å²) in [5.74, 6) is 0.637. The minimum Gasteiger partial charge on any atom is -0.483 e. The van der Waals surface area contributed by atoms with E-state index < -0.39 is 0 Å². The highest BCUT2D eigenvalue weighted by Crippen LogP contribution is 2.18. The maximum atomic E-state index is 11.3. The van der Waals surface area contributed by atoms with E-state index in [1.54, 1.807) is 4.90 Å². The quantitative estimate of drug-likeness (QED) is 0.625. The zero-order valence-electron chi connectivity index (χ0n) is 9.69. The van der Waals surface area contributed by atoms with Gasteiger partial charge in [0, 0.05) is 13.1 Å². The largest absolute Gasteiger partial charge is 0.483 e. The van der Waals surface area contributed by atoms with Gasteiger partial charge in [0.25, 0.3) is 6.47 Å². The molecule has 1 heterocycles. The first-order valence-electron chi connectivity index (χ1n) is 4.86. The molecule has 0 spiro atoms. The molecule has 0 saturated carbocycles. The molecule has 0 aromatic heterocycles. The van der Waals surface area contributed by atoms with Crippen LogP contribution in [-0.4, -0.2) is 41.3 Å². The molecule has 5 heteroatoms. The van der Waals surface area contributed by atoms with Crippen LogP contribution in [0.4, 0.5) is 4.79 Å². The molecule has 1 rings (SSSR count). The molecule has 0 unspecified atom stereocenters. The minimum atomic E-state index is -0.365. The van der Waals surface area contributed by atoms with Gasteiger partial charge in [0.05, 0.1) is 0 Å². The van der Waals surface area contributed by atoms with Crippen LogP contribution in [0.15, 0.2) is 0 Å². The first-order valence-corrected chi connectivity index (χ1v) is 4.86. The molecule has 1 fully saturated rings. The lowest BCUT2D eigenvalue weighted by Gasteiger charge is -2.37. The molecule has 0 aromatic rings. The lowest BCUT2D eigenvalue weighted by atomic mass is 10.0. The Balaban J connectivity index is 0.000000583. The highest BCUT2D eigenvalue weighted by molar-refractivity contribution is 5.69. The predicted molar refractivity (Wildman–Crippen MR) is 55.7 cm³/mol. The number of amides is 1. The van der Waals surface area contributed by atoms with Crippen LogP contribution in [0.2, 0.25) is 0 Å². The van der Waals surface area contributed by atoms with E-state index >= 15 is 0 Å². The zero-order chi connectivity index (χ0) is 12.1. The minimum absolute atomic E-state index is 0.180. The number of likely N-dealkylation sites (tertiary alicyclic amines) is 1. The van der Waals surface area contributed by atoms with E-state index in [4.69, 9.17) is 14.6 Å². The van der Waals surface area contributed by atoms with Crippen LogP contribution in [0.3, 0.4) is 0 Å². The standard InChI is InChI=1S/C9H17NO2.CH2O2/c1-7-5-10(6-7)8(11)12-9(2,3)4;2-1-3/h7H,5-6H2,1-4H3;1H,(H,2,3). The van der Waals surface area contributed by atoms with E-state index in [0.29, 0.717) is 5.92 Å². The van der Waals surface area contributed by atoms with Gasteiger partial charge >= 0.3 is 6.09 Å². The molecule has 0 bridgehead atoms. The summed E-state index contributed by atoms with van der Waals surface area (Å²) in [6.45, 7) is 9.21. The summed E-state index contributed by atoms with van der Waals surface area (Å²) in [4.78, 5) is 21.4. The van der Waals surface area contributed by atoms with Crippen LogP contribution in [0.5, 0.6) is 0 Å². The Hall–Kier alpha value is -1.26. The maximum Gasteiger partial charge on any atom is 0.410 e. The molecule has 1 N–H and O–H groups in total. The van der Waals surface area contributed by atoms with Gasteiger partial charge in [-0.1, -0.05) is 6.92 Å². The Labute approximate surface area is 90.0 Å². The highest BCUT2D eigenvalue weighted by Gasteiger charge is 2.30. The molecule has 1 amide bonds. The van der Waals surface area contributed by atoms with E-state index in [0.717, 1.165) is 13.1 Å². The fourth-order valence-corrected chi connectivity index (χ4v) is 1.17. The van der Waals surface area contributed by atoms with E-state index in [1.807, 2.05) is 20.8 Å². The third-order valence-electron chi connectivity index (χ3n) is 1.72. The summed E-state index contributed by atoms with van der Waals surface area (Å²) in [5.41, 5.74) is -0.365. The summed E-state index contributed by atoms with van der Waals surface area (Å²) in [6, 6.07) is 0. The molecule has 5 nitrogen and oxygen atoms in total. The number of nitrogens with zero attached hydrogens (tertiary/aromatic N) is 1. The molecule has 15 heavy (non-hydrogen) atoms. The summed E-state index contributed by atoms with van der Waals surface area (Å²) in [6.07, 6.45) is -0.180. The van der Waals surface area contributed by atoms with E-state index in [2.05, 4.69) is 6.92 Å². The Bertz CT molecular complexity index is 216. The second kappa shape index (κ2) is 5.58. The molecule has 0 aromatic carbocycles. The second-order valence-electron chi connectivity index (χ2n) is 4.60. The fraction of sp³-hybridized carbons (Fsp3) is 0.800. The van der Waals surface area contributed by atoms with Gasteiger partial charge in [-0.3, -0.25) is 4.79 Å². The van der Waals surface area contributed by atoms with E-state index in [-0.39, 0.29) is 18.2 Å². The van der Waals surface area contributed by atoms with Crippen molar-refractivity contribution in [3.8, 4) is 0 Å². The maximum absolute atomic E-state index is 11.3. The average Bonchev–Trinajstić information content (AvgIpc) is 1.96. The van der Waals surface area contributed by atoms with Crippen molar-refractivity contribution in [2.45, 2.75) is 33.3 Å². The summed E-state index contributed by atoms with van der Waals surface area (Å²) in [7, 11) is 0. The molecular formula is C10H19NO4. The second-order valence-corrected chi connectivity index (χ2v) is 4.60.